The molecule has 7 atom stereocenters. The van der Waals surface area contributed by atoms with Gasteiger partial charge in [-0.3, -0.25) is 24.0 Å². The number of hydrogen-bond acceptors (Lipinski definition) is 11. The summed E-state index contributed by atoms with van der Waals surface area (Å²) in [4.78, 5) is 64.1. The van der Waals surface area contributed by atoms with Crippen molar-refractivity contribution in [3.05, 3.63) is 54.6 Å². The van der Waals surface area contributed by atoms with Gasteiger partial charge in [0, 0.05) is 30.2 Å². The van der Waals surface area contributed by atoms with Gasteiger partial charge in [0.05, 0.1) is 24.6 Å². The van der Waals surface area contributed by atoms with Gasteiger partial charge in [-0.1, -0.05) is 26.0 Å². The largest absolute Gasteiger partial charge is 0.497 e. The molecule has 3 aromatic rings. The standard InChI is InChI=1S/C47H57F2N5O11S/c1-26-9-7-8-10-30-24-47(30,43(57)52-66(60,61)33-13-14-33)51-40(55)36-23-32(25-53(36)42(56)39(27(2)19-26)54(44(58)59)45(3,4)46(5,48)49)65-41-34-15-12-31(62-6)20-29(34)21-35(50-41)28-11-16-37-38(22-28)64-18-17-63-37/h8,10-12,15-16,20-22,26-27,30,32-33,36,39H,7,9,13-14,17-19,23-25H2,1-6H3,(H,51,55)(H,52,57)(H,58,59)/t26-,27+,30+,32+,36-,39-,47+/m0/s1. The average molecular weight is 938 g/mol. The molecule has 4 amide bonds. The molecule has 3 fully saturated rings. The molecule has 66 heavy (non-hydrogen) atoms. The molecule has 1 saturated heterocycles. The van der Waals surface area contributed by atoms with Crippen LogP contribution in [-0.4, -0.2) is 119 Å². The molecule has 16 nitrogen and oxygen atoms in total. The van der Waals surface area contributed by atoms with Gasteiger partial charge in [0.15, 0.2) is 11.5 Å². The van der Waals surface area contributed by atoms with Crippen molar-refractivity contribution in [1.29, 1.82) is 0 Å². The maximum Gasteiger partial charge on any atom is 0.408 e. The number of methoxy groups -OCH3 is 1. The summed E-state index contributed by atoms with van der Waals surface area (Å²) in [6.45, 7) is 6.76. The van der Waals surface area contributed by atoms with Crippen molar-refractivity contribution in [3.63, 3.8) is 0 Å². The Morgan fingerprint density at radius 2 is 1.74 bits per heavy atom. The summed E-state index contributed by atoms with van der Waals surface area (Å²) in [7, 11) is -2.49. The molecule has 1 aromatic heterocycles. The van der Waals surface area contributed by atoms with Crippen LogP contribution in [0, 0.1) is 17.8 Å². The molecule has 4 heterocycles. The number of amides is 4. The van der Waals surface area contributed by atoms with Crippen LogP contribution in [-0.2, 0) is 24.4 Å². The molecule has 0 spiro atoms. The number of carboxylic acid groups (broad SMARTS) is 1. The molecule has 0 bridgehead atoms. The summed E-state index contributed by atoms with van der Waals surface area (Å²) in [6.07, 6.45) is 2.93. The first-order chi connectivity index (χ1) is 31.1. The molecule has 2 aromatic carbocycles. The predicted octanol–water partition coefficient (Wildman–Crippen LogP) is 6.31. The smallest absolute Gasteiger partial charge is 0.408 e. The Kier molecular flexibility index (Phi) is 12.4. The molecule has 2 saturated carbocycles. The third kappa shape index (κ3) is 9.06. The Labute approximate surface area is 382 Å². The number of aromatic nitrogens is 1. The number of nitrogens with zero attached hydrogens (tertiary/aromatic N) is 3. The zero-order valence-electron chi connectivity index (χ0n) is 37.8. The molecule has 356 valence electrons. The van der Waals surface area contributed by atoms with E-state index in [2.05, 4.69) is 10.0 Å². The number of ether oxygens (including phenoxy) is 4. The Morgan fingerprint density at radius 1 is 1.02 bits per heavy atom. The normalized spacial score (nSPS) is 27.1. The first-order valence-electron chi connectivity index (χ1n) is 22.4. The van der Waals surface area contributed by atoms with Crippen molar-refractivity contribution >= 4 is 44.6 Å². The SMILES string of the molecule is COc1ccc2c(O[C@@H]3C[C@H]4C(=O)N[C@]5(C(=O)NS(=O)(=O)C6CC6)C[C@H]5C=CCC[C@H](C)C[C@@H](C)[C@H](N(C(=O)O)C(C)(C)C(C)(F)F)C(=O)N4C3)nc(-c3ccc4c(c3)OCCO4)cc2c1. The minimum absolute atomic E-state index is 0.0790. The zero-order valence-corrected chi connectivity index (χ0v) is 38.7. The maximum absolute atomic E-state index is 15.5. The van der Waals surface area contributed by atoms with Crippen LogP contribution in [0.15, 0.2) is 54.6 Å². The number of carbonyl (C=O) groups is 4. The van der Waals surface area contributed by atoms with Gasteiger partial charge < -0.3 is 34.3 Å². The topological polar surface area (TPSA) is 203 Å². The molecule has 19 heteroatoms. The van der Waals surface area contributed by atoms with E-state index in [4.69, 9.17) is 23.9 Å². The Balaban J connectivity index is 1.21. The van der Waals surface area contributed by atoms with Gasteiger partial charge in [-0.2, -0.15) is 0 Å². The number of hydrogen-bond donors (Lipinski definition) is 3. The fraction of sp³-hybridized carbons (Fsp3) is 0.553. The molecular weight excluding hydrogens is 881 g/mol. The van der Waals surface area contributed by atoms with E-state index in [1.54, 1.807) is 43.3 Å². The quantitative estimate of drug-likeness (QED) is 0.192. The molecule has 0 radical (unpaired) electrons. The number of allylic oxidation sites excluding steroid dienone is 1. The van der Waals surface area contributed by atoms with Gasteiger partial charge in [-0.25, -0.2) is 27.0 Å². The second kappa shape index (κ2) is 17.5. The van der Waals surface area contributed by atoms with E-state index in [1.165, 1.54) is 7.11 Å². The second-order valence-corrected chi connectivity index (χ2v) is 21.0. The molecule has 0 unspecified atom stereocenters. The van der Waals surface area contributed by atoms with Crippen molar-refractivity contribution < 1.29 is 60.4 Å². The lowest BCUT2D eigenvalue weighted by Crippen LogP contribution is -2.66. The molecule has 2 aliphatic carbocycles. The summed E-state index contributed by atoms with van der Waals surface area (Å²) >= 11 is 0. The van der Waals surface area contributed by atoms with Crippen LogP contribution in [0.1, 0.15) is 79.6 Å². The van der Waals surface area contributed by atoms with Crippen molar-refractivity contribution in [1.82, 2.24) is 24.8 Å². The summed E-state index contributed by atoms with van der Waals surface area (Å²) < 4.78 is 83.1. The zero-order chi connectivity index (χ0) is 47.5. The first-order valence-corrected chi connectivity index (χ1v) is 24.0. The maximum atomic E-state index is 15.5. The highest BCUT2D eigenvalue weighted by Crippen LogP contribution is 2.47. The number of nitrogens with one attached hydrogen (secondary N) is 2. The van der Waals surface area contributed by atoms with E-state index in [-0.39, 0.29) is 37.6 Å². The number of fused-ring (bicyclic) bond motifs is 4. The van der Waals surface area contributed by atoms with Crippen molar-refractivity contribution in [2.24, 2.45) is 17.8 Å². The summed E-state index contributed by atoms with van der Waals surface area (Å²) in [5, 5.41) is 14.1. The Bertz CT molecular complexity index is 2570. The van der Waals surface area contributed by atoms with E-state index in [9.17, 15) is 27.9 Å². The third-order valence-corrected chi connectivity index (χ3v) is 15.7. The van der Waals surface area contributed by atoms with Crippen molar-refractivity contribution in [2.45, 2.75) is 120 Å². The van der Waals surface area contributed by atoms with Gasteiger partial charge in [-0.05, 0) is 112 Å². The predicted molar refractivity (Wildman–Crippen MR) is 238 cm³/mol. The molecule has 3 N–H and O–H groups in total. The lowest BCUT2D eigenvalue weighted by atomic mass is 9.84. The number of rotatable bonds is 10. The van der Waals surface area contributed by atoms with Crippen LogP contribution >= 0.6 is 0 Å². The molecule has 3 aliphatic heterocycles. The third-order valence-electron chi connectivity index (χ3n) is 13.9. The minimum Gasteiger partial charge on any atom is -0.497 e. The van der Waals surface area contributed by atoms with E-state index in [0.29, 0.717) is 90.0 Å². The fourth-order valence-corrected chi connectivity index (χ4v) is 10.9. The first kappa shape index (κ1) is 46.8. The highest BCUT2D eigenvalue weighted by atomic mass is 32.2. The van der Waals surface area contributed by atoms with E-state index in [1.807, 2.05) is 25.1 Å². The number of benzene rings is 2. The summed E-state index contributed by atoms with van der Waals surface area (Å²) in [5.41, 5.74) is -2.94. The lowest BCUT2D eigenvalue weighted by molar-refractivity contribution is -0.156. The number of alkyl halides is 2. The van der Waals surface area contributed by atoms with Crippen molar-refractivity contribution in [2.75, 3.05) is 26.9 Å². The van der Waals surface area contributed by atoms with Gasteiger partial charge in [0.2, 0.25) is 27.7 Å². The van der Waals surface area contributed by atoms with Gasteiger partial charge in [-0.15, -0.1) is 0 Å². The van der Waals surface area contributed by atoms with Crippen LogP contribution in [0.2, 0.25) is 0 Å². The van der Waals surface area contributed by atoms with Gasteiger partial charge in [0.1, 0.15) is 48.2 Å². The Morgan fingerprint density at radius 3 is 2.42 bits per heavy atom. The highest BCUT2D eigenvalue weighted by Gasteiger charge is 2.63. The van der Waals surface area contributed by atoms with Crippen LogP contribution in [0.25, 0.3) is 22.0 Å². The summed E-state index contributed by atoms with van der Waals surface area (Å²) in [5.74, 6) is -5.97. The minimum atomic E-state index is -4.03. The average Bonchev–Trinajstić information content (AvgIpc) is 4.19. The van der Waals surface area contributed by atoms with Gasteiger partial charge in [0.25, 0.3) is 11.8 Å². The van der Waals surface area contributed by atoms with E-state index >= 15 is 13.6 Å². The number of carbonyl (C=O) groups excluding carboxylic acids is 3. The molecule has 8 rings (SSSR count). The molecule has 5 aliphatic rings. The molecular formula is C47H57F2N5O11S. The van der Waals surface area contributed by atoms with Crippen LogP contribution in [0.4, 0.5) is 13.6 Å². The van der Waals surface area contributed by atoms with Gasteiger partial charge >= 0.3 is 6.09 Å². The van der Waals surface area contributed by atoms with E-state index in [0.717, 1.165) is 18.7 Å². The van der Waals surface area contributed by atoms with Crippen molar-refractivity contribution in [3.8, 4) is 34.4 Å². The summed E-state index contributed by atoms with van der Waals surface area (Å²) in [6, 6.07) is 9.39. The highest BCUT2D eigenvalue weighted by molar-refractivity contribution is 7.91. The number of halogens is 2. The van der Waals surface area contributed by atoms with E-state index < -0.39 is 86.1 Å². The Hall–Kier alpha value is -5.72. The fourth-order valence-electron chi connectivity index (χ4n) is 9.49. The van der Waals surface area contributed by atoms with Crippen LogP contribution in [0.5, 0.6) is 23.1 Å². The number of pyridine rings is 1. The lowest BCUT2D eigenvalue weighted by Gasteiger charge is -2.47. The monoisotopic (exact) mass is 937 g/mol. The van der Waals surface area contributed by atoms with Crippen LogP contribution < -0.4 is 29.0 Å². The second-order valence-electron chi connectivity index (χ2n) is 19.1. The number of sulfonamides is 1. The van der Waals surface area contributed by atoms with Crippen LogP contribution in [0.3, 0.4) is 0 Å².